The maximum absolute atomic E-state index is 5.71. The van der Waals surface area contributed by atoms with Crippen LogP contribution in [0, 0.1) is 0 Å². The Morgan fingerprint density at radius 3 is 2.66 bits per heavy atom. The summed E-state index contributed by atoms with van der Waals surface area (Å²) in [5.74, 6) is 2.24. The van der Waals surface area contributed by atoms with Crippen LogP contribution >= 0.6 is 0 Å². The van der Waals surface area contributed by atoms with Gasteiger partial charge in [-0.2, -0.15) is 9.97 Å². The van der Waals surface area contributed by atoms with Crippen LogP contribution in [0.2, 0.25) is 0 Å². The Morgan fingerprint density at radius 2 is 1.91 bits per heavy atom. The Kier molecular flexibility index (Phi) is 6.21. The van der Waals surface area contributed by atoms with E-state index in [2.05, 4.69) is 59.4 Å². The van der Waals surface area contributed by atoms with Crippen molar-refractivity contribution in [2.75, 3.05) is 29.9 Å². The number of anilines is 3. The fourth-order valence-corrected chi connectivity index (χ4v) is 4.89. The zero-order valence-electron chi connectivity index (χ0n) is 19.2. The molecule has 6 heteroatoms. The Labute approximate surface area is 190 Å². The normalized spacial score (nSPS) is 19.9. The summed E-state index contributed by atoms with van der Waals surface area (Å²) in [5, 5.41) is 4.53. The summed E-state index contributed by atoms with van der Waals surface area (Å²) in [6.07, 6.45) is 9.74. The molecule has 1 N–H and O–H groups in total. The van der Waals surface area contributed by atoms with Crippen LogP contribution < -0.4 is 10.2 Å². The molecular formula is C26H33N5O. The number of hydrogen-bond acceptors (Lipinski definition) is 6. The lowest BCUT2D eigenvalue weighted by molar-refractivity contribution is 0.0526. The third-order valence-corrected chi connectivity index (χ3v) is 6.78. The number of aromatic nitrogens is 3. The van der Waals surface area contributed by atoms with Crippen molar-refractivity contribution in [2.45, 2.75) is 64.4 Å². The molecule has 1 aliphatic carbocycles. The highest BCUT2D eigenvalue weighted by molar-refractivity contribution is 5.90. The third kappa shape index (κ3) is 4.56. The Hall–Kier alpha value is -2.73. The molecule has 2 aromatic heterocycles. The van der Waals surface area contributed by atoms with Crippen LogP contribution in [-0.4, -0.2) is 40.8 Å². The van der Waals surface area contributed by atoms with E-state index in [4.69, 9.17) is 14.7 Å². The number of fused-ring (bicyclic) bond motifs is 1. The van der Waals surface area contributed by atoms with Crippen LogP contribution in [0.25, 0.3) is 11.0 Å². The van der Waals surface area contributed by atoms with Gasteiger partial charge < -0.3 is 15.0 Å². The molecule has 0 bridgehead atoms. The molecule has 168 valence electrons. The maximum atomic E-state index is 5.71. The minimum absolute atomic E-state index is 0.169. The molecule has 1 aromatic carbocycles. The lowest BCUT2D eigenvalue weighted by Gasteiger charge is -2.31. The first kappa shape index (κ1) is 21.1. The zero-order valence-corrected chi connectivity index (χ0v) is 19.2. The zero-order chi connectivity index (χ0) is 21.9. The molecule has 0 spiro atoms. The summed E-state index contributed by atoms with van der Waals surface area (Å²) in [6, 6.07) is 11.1. The Bertz CT molecular complexity index is 1060. The van der Waals surface area contributed by atoms with Gasteiger partial charge in [-0.1, -0.05) is 38.3 Å². The summed E-state index contributed by atoms with van der Waals surface area (Å²) in [6.45, 7) is 6.50. The molecule has 1 aliphatic heterocycles. The number of aryl methyl sites for hydroxylation is 1. The number of nitrogens with zero attached hydrogens (tertiary/aromatic N) is 4. The number of hydrogen-bond donors (Lipinski definition) is 1. The van der Waals surface area contributed by atoms with Gasteiger partial charge in [-0.3, -0.25) is 0 Å². The molecule has 0 amide bonds. The summed E-state index contributed by atoms with van der Waals surface area (Å²) in [5.41, 5.74) is 4.42. The largest absolute Gasteiger partial charge is 0.375 e. The molecule has 1 atom stereocenters. The van der Waals surface area contributed by atoms with Crippen LogP contribution in [0.4, 0.5) is 17.5 Å². The van der Waals surface area contributed by atoms with Crippen LogP contribution in [0.5, 0.6) is 0 Å². The van der Waals surface area contributed by atoms with Gasteiger partial charge in [0.15, 0.2) is 5.65 Å². The van der Waals surface area contributed by atoms with Crippen LogP contribution in [0.1, 0.15) is 63.0 Å². The van der Waals surface area contributed by atoms with E-state index in [0.717, 1.165) is 42.0 Å². The van der Waals surface area contributed by atoms with Crippen molar-refractivity contribution in [3.63, 3.8) is 0 Å². The van der Waals surface area contributed by atoms with E-state index in [-0.39, 0.29) is 6.10 Å². The van der Waals surface area contributed by atoms with Gasteiger partial charge >= 0.3 is 0 Å². The maximum Gasteiger partial charge on any atom is 0.229 e. The lowest BCUT2D eigenvalue weighted by atomic mass is 9.84. The number of morpholine rings is 1. The molecule has 32 heavy (non-hydrogen) atoms. The van der Waals surface area contributed by atoms with E-state index < -0.39 is 0 Å². The number of nitrogens with one attached hydrogen (secondary N) is 1. The fraction of sp³-hybridized carbons (Fsp3) is 0.500. The van der Waals surface area contributed by atoms with Crippen molar-refractivity contribution < 1.29 is 4.74 Å². The highest BCUT2D eigenvalue weighted by Crippen LogP contribution is 2.34. The molecule has 2 aliphatic rings. The minimum Gasteiger partial charge on any atom is -0.375 e. The molecule has 1 saturated carbocycles. The van der Waals surface area contributed by atoms with Crippen molar-refractivity contribution in [3.8, 4) is 0 Å². The van der Waals surface area contributed by atoms with Gasteiger partial charge in [0.25, 0.3) is 0 Å². The average Bonchev–Trinajstić information content (AvgIpc) is 2.84. The molecular weight excluding hydrogens is 398 g/mol. The van der Waals surface area contributed by atoms with E-state index >= 15 is 0 Å². The summed E-state index contributed by atoms with van der Waals surface area (Å²) >= 11 is 0. The van der Waals surface area contributed by atoms with E-state index in [1.807, 2.05) is 6.20 Å². The van der Waals surface area contributed by atoms with Gasteiger partial charge in [-0.15, -0.1) is 0 Å². The Balaban J connectivity index is 1.46. The predicted octanol–water partition coefficient (Wildman–Crippen LogP) is 5.60. The molecule has 6 nitrogen and oxygen atoms in total. The van der Waals surface area contributed by atoms with Gasteiger partial charge in [0.05, 0.1) is 18.1 Å². The topological polar surface area (TPSA) is 63.2 Å². The van der Waals surface area contributed by atoms with Crippen LogP contribution in [0.3, 0.4) is 0 Å². The summed E-state index contributed by atoms with van der Waals surface area (Å²) in [4.78, 5) is 16.6. The second kappa shape index (κ2) is 9.41. The second-order valence-electron chi connectivity index (χ2n) is 9.15. The standard InChI is InChI=1S/C26H33N5O/c1-3-19-15-23-24(27-16-19)29-26(31-13-14-32-18(2)17-31)30-25(23)28-22-11-9-21(10-12-22)20-7-5-4-6-8-20/h9-12,15-16,18,20H,3-8,13-14,17H2,1-2H3,(H,27,28,29,30)/t18-/m1/s1. The fourth-order valence-electron chi connectivity index (χ4n) is 4.89. The van der Waals surface area contributed by atoms with Crippen molar-refractivity contribution >= 4 is 28.5 Å². The first-order valence-corrected chi connectivity index (χ1v) is 12.1. The smallest absolute Gasteiger partial charge is 0.229 e. The summed E-state index contributed by atoms with van der Waals surface area (Å²) < 4.78 is 5.71. The molecule has 3 aromatic rings. The van der Waals surface area contributed by atoms with Gasteiger partial charge in [-0.05, 0) is 61.4 Å². The minimum atomic E-state index is 0.169. The summed E-state index contributed by atoms with van der Waals surface area (Å²) in [7, 11) is 0. The predicted molar refractivity (Wildman–Crippen MR) is 130 cm³/mol. The molecule has 3 heterocycles. The number of ether oxygens (including phenoxy) is 1. The molecule has 0 unspecified atom stereocenters. The monoisotopic (exact) mass is 431 g/mol. The SMILES string of the molecule is CCc1cnc2nc(N3CCO[C@H](C)C3)nc(Nc3ccc(C4CCCCC4)cc3)c2c1. The van der Waals surface area contributed by atoms with Crippen molar-refractivity contribution in [1.82, 2.24) is 15.0 Å². The average molecular weight is 432 g/mol. The molecule has 2 fully saturated rings. The highest BCUT2D eigenvalue weighted by atomic mass is 16.5. The number of benzene rings is 1. The number of pyridine rings is 1. The lowest BCUT2D eigenvalue weighted by Crippen LogP contribution is -2.42. The van der Waals surface area contributed by atoms with E-state index in [1.165, 1.54) is 43.2 Å². The van der Waals surface area contributed by atoms with E-state index in [9.17, 15) is 0 Å². The highest BCUT2D eigenvalue weighted by Gasteiger charge is 2.21. The van der Waals surface area contributed by atoms with Gasteiger partial charge in [0.1, 0.15) is 5.82 Å². The molecule has 1 saturated heterocycles. The van der Waals surface area contributed by atoms with Crippen molar-refractivity contribution in [1.29, 1.82) is 0 Å². The second-order valence-corrected chi connectivity index (χ2v) is 9.15. The van der Waals surface area contributed by atoms with Gasteiger partial charge in [0, 0.05) is 25.0 Å². The van der Waals surface area contributed by atoms with Crippen LogP contribution in [-0.2, 0) is 11.2 Å². The van der Waals surface area contributed by atoms with Gasteiger partial charge in [0.2, 0.25) is 5.95 Å². The van der Waals surface area contributed by atoms with Crippen molar-refractivity contribution in [2.24, 2.45) is 0 Å². The molecule has 0 radical (unpaired) electrons. The van der Waals surface area contributed by atoms with Crippen molar-refractivity contribution in [3.05, 3.63) is 47.7 Å². The third-order valence-electron chi connectivity index (χ3n) is 6.78. The quantitative estimate of drug-likeness (QED) is 0.567. The number of rotatable bonds is 5. The van der Waals surface area contributed by atoms with Crippen LogP contribution in [0.15, 0.2) is 36.5 Å². The first-order chi connectivity index (χ1) is 15.7. The van der Waals surface area contributed by atoms with E-state index in [0.29, 0.717) is 18.5 Å². The van der Waals surface area contributed by atoms with E-state index in [1.54, 1.807) is 0 Å². The van der Waals surface area contributed by atoms with Gasteiger partial charge in [-0.25, -0.2) is 4.98 Å². The first-order valence-electron chi connectivity index (χ1n) is 12.1. The Morgan fingerprint density at radius 1 is 1.09 bits per heavy atom. The molecule has 5 rings (SSSR count).